The van der Waals surface area contributed by atoms with Gasteiger partial charge in [-0.25, -0.2) is 13.2 Å². The Bertz CT molecular complexity index is 626. The molecule has 1 aromatic rings. The Hall–Kier alpha value is -1.40. The summed E-state index contributed by atoms with van der Waals surface area (Å²) in [5.74, 6) is -0.568. The highest BCUT2D eigenvalue weighted by atomic mass is 32.2. The predicted octanol–water partition coefficient (Wildman–Crippen LogP) is 2.15. The van der Waals surface area contributed by atoms with Gasteiger partial charge >= 0.3 is 5.97 Å². The summed E-state index contributed by atoms with van der Waals surface area (Å²) in [6.45, 7) is 5.98. The lowest BCUT2D eigenvalue weighted by Gasteiger charge is -2.23. The molecule has 0 spiro atoms. The largest absolute Gasteiger partial charge is 0.438 e. The molecular weight excluding hydrogens is 280 g/mol. The van der Waals surface area contributed by atoms with Crippen LogP contribution in [0.3, 0.4) is 0 Å². The average molecular weight is 296 g/mol. The molecule has 1 unspecified atom stereocenters. The molecule has 0 aromatic heterocycles. The van der Waals surface area contributed by atoms with Crippen LogP contribution >= 0.6 is 0 Å². The maximum absolute atomic E-state index is 12.5. The van der Waals surface area contributed by atoms with Gasteiger partial charge in [-0.05, 0) is 17.3 Å². The Kier molecular flexibility index (Phi) is 3.40. The smallest absolute Gasteiger partial charge is 0.332 e. The number of hydrogen-bond acceptors (Lipinski definition) is 4. The van der Waals surface area contributed by atoms with Crippen molar-refractivity contribution in [2.75, 3.05) is 0 Å². The average Bonchev–Trinajstić information content (AvgIpc) is 2.73. The molecule has 1 heterocycles. The van der Waals surface area contributed by atoms with E-state index < -0.39 is 29.3 Å². The number of rotatable bonds is 3. The molecule has 2 rings (SSSR count). The first kappa shape index (κ1) is 14.0. The van der Waals surface area contributed by atoms with Crippen molar-refractivity contribution in [2.45, 2.75) is 30.0 Å². The van der Waals surface area contributed by atoms with E-state index in [0.717, 1.165) is 0 Å². The molecule has 1 aliphatic heterocycles. The van der Waals surface area contributed by atoms with Crippen LogP contribution in [0.5, 0.6) is 0 Å². The second-order valence-corrected chi connectivity index (χ2v) is 12.5. The molecule has 0 radical (unpaired) electrons. The van der Waals surface area contributed by atoms with Crippen molar-refractivity contribution in [1.82, 2.24) is 0 Å². The summed E-state index contributed by atoms with van der Waals surface area (Å²) < 4.78 is 30.1. The van der Waals surface area contributed by atoms with Crippen molar-refractivity contribution in [1.29, 1.82) is 0 Å². The normalized spacial score (nSPS) is 20.1. The summed E-state index contributed by atoms with van der Waals surface area (Å²) >= 11 is 0. The van der Waals surface area contributed by atoms with Crippen LogP contribution in [0.4, 0.5) is 0 Å². The van der Waals surface area contributed by atoms with Crippen LogP contribution in [-0.4, -0.2) is 27.9 Å². The molecule has 1 atom stereocenters. The Morgan fingerprint density at radius 1 is 1.11 bits per heavy atom. The zero-order valence-corrected chi connectivity index (χ0v) is 12.9. The lowest BCUT2D eigenvalue weighted by Crippen LogP contribution is -2.35. The molecule has 0 saturated heterocycles. The summed E-state index contributed by atoms with van der Waals surface area (Å²) in [6, 6.07) is 8.09. The third-order valence-corrected chi connectivity index (χ3v) is 7.16. The van der Waals surface area contributed by atoms with Crippen molar-refractivity contribution in [3.8, 4) is 0 Å². The molecule has 0 N–H and O–H groups in total. The standard InChI is InChI=1S/C13H16O4SSi/c1-19(2,3)11-9-12(14)17-13(11)18(15,16)10-7-5-4-6-8-10/h4-9,13H,1-3H3. The molecule has 4 nitrogen and oxygen atoms in total. The van der Waals surface area contributed by atoms with Gasteiger partial charge in [-0.1, -0.05) is 37.8 Å². The van der Waals surface area contributed by atoms with Crippen molar-refractivity contribution < 1.29 is 17.9 Å². The van der Waals surface area contributed by atoms with Gasteiger partial charge in [-0.3, -0.25) is 0 Å². The highest BCUT2D eigenvalue weighted by Gasteiger charge is 2.43. The van der Waals surface area contributed by atoms with Gasteiger partial charge in [0, 0.05) is 6.08 Å². The van der Waals surface area contributed by atoms with E-state index in [0.29, 0.717) is 5.20 Å². The van der Waals surface area contributed by atoms with Gasteiger partial charge < -0.3 is 4.74 Å². The number of hydrogen-bond donors (Lipinski definition) is 0. The number of carbonyl (C=O) groups excluding carboxylic acids is 1. The molecule has 0 bridgehead atoms. The van der Waals surface area contributed by atoms with Crippen LogP contribution in [0.2, 0.25) is 19.6 Å². The Morgan fingerprint density at radius 2 is 1.68 bits per heavy atom. The highest BCUT2D eigenvalue weighted by Crippen LogP contribution is 2.32. The van der Waals surface area contributed by atoms with Gasteiger partial charge in [0.05, 0.1) is 13.0 Å². The van der Waals surface area contributed by atoms with Crippen LogP contribution in [0.25, 0.3) is 0 Å². The Morgan fingerprint density at radius 3 is 2.21 bits per heavy atom. The van der Waals surface area contributed by atoms with E-state index >= 15 is 0 Å². The van der Waals surface area contributed by atoms with E-state index in [2.05, 4.69) is 0 Å². The first-order chi connectivity index (χ1) is 8.73. The fourth-order valence-electron chi connectivity index (χ4n) is 1.93. The van der Waals surface area contributed by atoms with Crippen molar-refractivity contribution in [3.63, 3.8) is 0 Å². The topological polar surface area (TPSA) is 60.4 Å². The molecule has 0 amide bonds. The lowest BCUT2D eigenvalue weighted by atomic mass is 10.4. The molecule has 6 heteroatoms. The second-order valence-electron chi connectivity index (χ2n) is 5.48. The van der Waals surface area contributed by atoms with Gasteiger partial charge in [0.2, 0.25) is 15.3 Å². The van der Waals surface area contributed by atoms with Crippen molar-refractivity contribution >= 4 is 23.9 Å². The first-order valence-electron chi connectivity index (χ1n) is 5.94. The summed E-state index contributed by atoms with van der Waals surface area (Å²) in [4.78, 5) is 11.6. The zero-order valence-electron chi connectivity index (χ0n) is 11.1. The monoisotopic (exact) mass is 296 g/mol. The quantitative estimate of drug-likeness (QED) is 0.633. The number of ether oxygens (including phenoxy) is 1. The van der Waals surface area contributed by atoms with Crippen LogP contribution in [-0.2, 0) is 19.4 Å². The van der Waals surface area contributed by atoms with E-state index in [-0.39, 0.29) is 4.90 Å². The van der Waals surface area contributed by atoms with Gasteiger partial charge in [0.15, 0.2) is 0 Å². The van der Waals surface area contributed by atoms with Crippen LogP contribution in [0, 0.1) is 0 Å². The predicted molar refractivity (Wildman–Crippen MR) is 74.9 cm³/mol. The summed E-state index contributed by atoms with van der Waals surface area (Å²) in [5.41, 5.74) is -1.16. The molecule has 0 aliphatic carbocycles. The maximum Gasteiger partial charge on any atom is 0.332 e. The molecule has 0 fully saturated rings. The minimum absolute atomic E-state index is 0.179. The summed E-state index contributed by atoms with van der Waals surface area (Å²) in [6.07, 6.45) is 1.34. The van der Waals surface area contributed by atoms with Gasteiger partial charge in [-0.2, -0.15) is 0 Å². The van der Waals surface area contributed by atoms with Crippen LogP contribution in [0.15, 0.2) is 46.5 Å². The van der Waals surface area contributed by atoms with Gasteiger partial charge in [0.1, 0.15) is 0 Å². The van der Waals surface area contributed by atoms with Crippen molar-refractivity contribution in [2.24, 2.45) is 0 Å². The molecule has 1 aromatic carbocycles. The fraction of sp³-hybridized carbons (Fsp3) is 0.308. The molecule has 0 saturated carbocycles. The number of esters is 1. The summed E-state index contributed by atoms with van der Waals surface area (Å²) in [5, 5.41) is 0.626. The van der Waals surface area contributed by atoms with E-state index in [1.54, 1.807) is 18.2 Å². The third kappa shape index (κ3) is 2.64. The maximum atomic E-state index is 12.5. The van der Waals surface area contributed by atoms with E-state index in [1.807, 2.05) is 19.6 Å². The van der Waals surface area contributed by atoms with Crippen LogP contribution in [0.1, 0.15) is 0 Å². The molecule has 1 aliphatic rings. The number of cyclic esters (lactones) is 1. The van der Waals surface area contributed by atoms with E-state index in [4.69, 9.17) is 4.74 Å². The van der Waals surface area contributed by atoms with Crippen molar-refractivity contribution in [3.05, 3.63) is 41.6 Å². The number of benzene rings is 1. The van der Waals surface area contributed by atoms with Crippen LogP contribution < -0.4 is 0 Å². The first-order valence-corrected chi connectivity index (χ1v) is 11.0. The zero-order chi connectivity index (χ0) is 14.3. The van der Waals surface area contributed by atoms with Gasteiger partial charge in [-0.15, -0.1) is 0 Å². The Labute approximate surface area is 114 Å². The Balaban J connectivity index is 2.48. The minimum Gasteiger partial charge on any atom is -0.438 e. The lowest BCUT2D eigenvalue weighted by molar-refractivity contribution is -0.136. The van der Waals surface area contributed by atoms with Gasteiger partial charge in [0.25, 0.3) is 0 Å². The molecule has 19 heavy (non-hydrogen) atoms. The molecular formula is C13H16O4SSi. The third-order valence-electron chi connectivity index (χ3n) is 2.97. The molecule has 102 valence electrons. The second kappa shape index (κ2) is 4.61. The number of sulfone groups is 1. The fourth-order valence-corrected chi connectivity index (χ4v) is 6.18. The number of carbonyl (C=O) groups is 1. The van der Waals surface area contributed by atoms with E-state index in [1.165, 1.54) is 18.2 Å². The summed E-state index contributed by atoms with van der Waals surface area (Å²) in [7, 11) is -5.62. The minimum atomic E-state index is -3.68. The van der Waals surface area contributed by atoms with E-state index in [9.17, 15) is 13.2 Å². The highest BCUT2D eigenvalue weighted by molar-refractivity contribution is 7.92. The SMILES string of the molecule is C[Si](C)(C)C1=CC(=O)OC1S(=O)(=O)c1ccccc1.